The van der Waals surface area contributed by atoms with Crippen LogP contribution >= 0.6 is 23.2 Å². The van der Waals surface area contributed by atoms with Crippen LogP contribution in [0.1, 0.15) is 21.7 Å². The molecular formula is C26H18Cl2N2O3. The largest absolute Gasteiger partial charge is 0.451 e. The topological polar surface area (TPSA) is 68.3 Å². The number of amides is 1. The lowest BCUT2D eigenvalue weighted by atomic mass is 10.1. The van der Waals surface area contributed by atoms with Crippen molar-refractivity contribution >= 4 is 45.9 Å². The first-order valence-corrected chi connectivity index (χ1v) is 11.0. The number of carbonyl (C=O) groups is 1. The van der Waals surface area contributed by atoms with Crippen molar-refractivity contribution in [1.82, 2.24) is 4.98 Å². The summed E-state index contributed by atoms with van der Waals surface area (Å²) < 4.78 is 11.6. The van der Waals surface area contributed by atoms with Gasteiger partial charge in [0.05, 0.1) is 10.0 Å². The van der Waals surface area contributed by atoms with Crippen molar-refractivity contribution in [1.29, 1.82) is 0 Å². The third kappa shape index (κ3) is 4.25. The van der Waals surface area contributed by atoms with Crippen molar-refractivity contribution in [2.45, 2.75) is 13.8 Å². The lowest BCUT2D eigenvalue weighted by molar-refractivity contribution is 0.0997. The first kappa shape index (κ1) is 21.3. The Kier molecular flexibility index (Phi) is 5.44. The Morgan fingerprint density at radius 3 is 2.42 bits per heavy atom. The van der Waals surface area contributed by atoms with E-state index >= 15 is 0 Å². The molecule has 2 heterocycles. The number of aryl methyl sites for hydroxylation is 2. The van der Waals surface area contributed by atoms with Gasteiger partial charge >= 0.3 is 0 Å². The third-order valence-corrected chi connectivity index (χ3v) is 6.17. The summed E-state index contributed by atoms with van der Waals surface area (Å²) >= 11 is 12.1. The number of hydrogen-bond acceptors (Lipinski definition) is 4. The SMILES string of the molecule is Cc1ccc(-c2ccc(C(=O)Nc3ccc4oc(-c5ccc(Cl)c(Cl)c5)nc4c3)o2)cc1C. The summed E-state index contributed by atoms with van der Waals surface area (Å²) in [5.74, 6) is 0.926. The smallest absolute Gasteiger partial charge is 0.291 e. The van der Waals surface area contributed by atoms with Gasteiger partial charge in [-0.3, -0.25) is 4.79 Å². The number of anilines is 1. The number of aromatic nitrogens is 1. The van der Waals surface area contributed by atoms with Gasteiger partial charge in [-0.1, -0.05) is 35.3 Å². The highest BCUT2D eigenvalue weighted by Crippen LogP contribution is 2.31. The van der Waals surface area contributed by atoms with Crippen molar-refractivity contribution in [3.05, 3.63) is 93.7 Å². The van der Waals surface area contributed by atoms with Gasteiger partial charge < -0.3 is 14.2 Å². The van der Waals surface area contributed by atoms with Gasteiger partial charge in [0.15, 0.2) is 11.3 Å². The summed E-state index contributed by atoms with van der Waals surface area (Å²) in [7, 11) is 0. The molecule has 5 nitrogen and oxygen atoms in total. The Labute approximate surface area is 200 Å². The number of benzene rings is 3. The minimum atomic E-state index is -0.349. The van der Waals surface area contributed by atoms with Crippen LogP contribution in [0.4, 0.5) is 5.69 Å². The molecule has 0 aliphatic carbocycles. The zero-order chi connectivity index (χ0) is 23.1. The van der Waals surface area contributed by atoms with E-state index in [4.69, 9.17) is 32.0 Å². The van der Waals surface area contributed by atoms with Crippen molar-refractivity contribution in [3.8, 4) is 22.8 Å². The summed E-state index contributed by atoms with van der Waals surface area (Å²) in [5, 5.41) is 3.73. The highest BCUT2D eigenvalue weighted by Gasteiger charge is 2.15. The van der Waals surface area contributed by atoms with Gasteiger partial charge in [0.1, 0.15) is 11.3 Å². The van der Waals surface area contributed by atoms with Gasteiger partial charge in [0.2, 0.25) is 5.89 Å². The van der Waals surface area contributed by atoms with Crippen LogP contribution in [-0.2, 0) is 0 Å². The summed E-state index contributed by atoms with van der Waals surface area (Å²) in [4.78, 5) is 17.2. The molecule has 164 valence electrons. The summed E-state index contributed by atoms with van der Waals surface area (Å²) in [6.07, 6.45) is 0. The highest BCUT2D eigenvalue weighted by atomic mass is 35.5. The van der Waals surface area contributed by atoms with Crippen LogP contribution in [-0.4, -0.2) is 10.9 Å². The zero-order valence-corrected chi connectivity index (χ0v) is 19.3. The maximum absolute atomic E-state index is 12.7. The van der Waals surface area contributed by atoms with Crippen molar-refractivity contribution < 1.29 is 13.6 Å². The number of hydrogen-bond donors (Lipinski definition) is 1. The molecule has 0 bridgehead atoms. The quantitative estimate of drug-likeness (QED) is 0.285. The molecule has 0 aliphatic rings. The van der Waals surface area contributed by atoms with Crippen LogP contribution in [0.15, 0.2) is 75.6 Å². The second-order valence-electron chi connectivity index (χ2n) is 7.75. The maximum atomic E-state index is 12.7. The van der Waals surface area contributed by atoms with Gasteiger partial charge in [0.25, 0.3) is 5.91 Å². The molecule has 0 saturated carbocycles. The number of fused-ring (bicyclic) bond motifs is 1. The van der Waals surface area contributed by atoms with E-state index in [1.165, 1.54) is 5.56 Å². The number of halogens is 2. The van der Waals surface area contributed by atoms with E-state index in [1.54, 1.807) is 48.5 Å². The summed E-state index contributed by atoms with van der Waals surface area (Å²) in [6, 6.07) is 19.9. The molecular weight excluding hydrogens is 459 g/mol. The second kappa shape index (κ2) is 8.43. The predicted octanol–water partition coefficient (Wildman–Crippen LogP) is 7.93. The van der Waals surface area contributed by atoms with E-state index in [1.807, 2.05) is 25.1 Å². The summed E-state index contributed by atoms with van der Waals surface area (Å²) in [6.45, 7) is 4.10. The normalized spacial score (nSPS) is 11.2. The molecule has 0 radical (unpaired) electrons. The van der Waals surface area contributed by atoms with Crippen LogP contribution < -0.4 is 5.32 Å². The Balaban J connectivity index is 1.36. The maximum Gasteiger partial charge on any atom is 0.291 e. The van der Waals surface area contributed by atoms with Crippen LogP contribution in [0.2, 0.25) is 10.0 Å². The molecule has 3 aromatic carbocycles. The van der Waals surface area contributed by atoms with Crippen LogP contribution in [0, 0.1) is 13.8 Å². The number of carbonyl (C=O) groups excluding carboxylic acids is 1. The molecule has 0 aliphatic heterocycles. The molecule has 1 N–H and O–H groups in total. The number of nitrogens with zero attached hydrogens (tertiary/aromatic N) is 1. The molecule has 5 aromatic rings. The number of nitrogens with one attached hydrogen (secondary N) is 1. The van der Waals surface area contributed by atoms with Gasteiger partial charge in [-0.2, -0.15) is 0 Å². The van der Waals surface area contributed by atoms with E-state index in [-0.39, 0.29) is 11.7 Å². The van der Waals surface area contributed by atoms with Crippen LogP contribution in [0.5, 0.6) is 0 Å². The fraction of sp³-hybridized carbons (Fsp3) is 0.0769. The minimum Gasteiger partial charge on any atom is -0.451 e. The average molecular weight is 477 g/mol. The molecule has 1 amide bonds. The fourth-order valence-corrected chi connectivity index (χ4v) is 3.76. The zero-order valence-electron chi connectivity index (χ0n) is 17.8. The minimum absolute atomic E-state index is 0.222. The lowest BCUT2D eigenvalue weighted by Gasteiger charge is -2.04. The Morgan fingerprint density at radius 2 is 1.64 bits per heavy atom. The molecule has 2 aromatic heterocycles. The van der Waals surface area contributed by atoms with Crippen molar-refractivity contribution in [2.75, 3.05) is 5.32 Å². The van der Waals surface area contributed by atoms with Crippen molar-refractivity contribution in [2.24, 2.45) is 0 Å². The Bertz CT molecular complexity index is 1520. The Morgan fingerprint density at radius 1 is 0.818 bits per heavy atom. The lowest BCUT2D eigenvalue weighted by Crippen LogP contribution is -2.10. The van der Waals surface area contributed by atoms with Gasteiger partial charge in [-0.25, -0.2) is 4.98 Å². The summed E-state index contributed by atoms with van der Waals surface area (Å²) in [5.41, 5.74) is 5.76. The first-order valence-electron chi connectivity index (χ1n) is 10.2. The molecule has 0 spiro atoms. The van der Waals surface area contributed by atoms with Crippen LogP contribution in [0.25, 0.3) is 33.9 Å². The van der Waals surface area contributed by atoms with E-state index in [0.717, 1.165) is 11.1 Å². The molecule has 0 unspecified atom stereocenters. The monoisotopic (exact) mass is 476 g/mol. The van der Waals surface area contributed by atoms with E-state index in [0.29, 0.717) is 44.0 Å². The highest BCUT2D eigenvalue weighted by molar-refractivity contribution is 6.42. The standard InChI is InChI=1S/C26H18Cl2N2O3/c1-14-3-4-16(11-15(14)2)22-9-10-24(32-22)25(31)29-18-6-8-23-21(13-18)30-26(33-23)17-5-7-19(27)20(28)12-17/h3-13H,1-2H3,(H,29,31). The second-order valence-corrected chi connectivity index (χ2v) is 8.56. The van der Waals surface area contributed by atoms with Gasteiger partial charge in [-0.05, 0) is 79.6 Å². The van der Waals surface area contributed by atoms with E-state index in [2.05, 4.69) is 17.2 Å². The van der Waals surface area contributed by atoms with E-state index in [9.17, 15) is 4.79 Å². The molecule has 5 rings (SSSR count). The molecule has 33 heavy (non-hydrogen) atoms. The van der Waals surface area contributed by atoms with Crippen molar-refractivity contribution in [3.63, 3.8) is 0 Å². The molecule has 0 atom stereocenters. The predicted molar refractivity (Wildman–Crippen MR) is 131 cm³/mol. The number of oxazole rings is 1. The number of rotatable bonds is 4. The van der Waals surface area contributed by atoms with Gasteiger partial charge in [-0.15, -0.1) is 0 Å². The molecule has 0 fully saturated rings. The van der Waals surface area contributed by atoms with E-state index < -0.39 is 0 Å². The third-order valence-electron chi connectivity index (χ3n) is 5.43. The molecule has 7 heteroatoms. The fourth-order valence-electron chi connectivity index (χ4n) is 3.46. The first-order chi connectivity index (χ1) is 15.9. The Hall–Kier alpha value is -3.54. The molecule has 0 saturated heterocycles. The van der Waals surface area contributed by atoms with Crippen LogP contribution in [0.3, 0.4) is 0 Å². The average Bonchev–Trinajstić information content (AvgIpc) is 3.45. The van der Waals surface area contributed by atoms with Gasteiger partial charge in [0, 0.05) is 16.8 Å². The number of furan rings is 1.